The van der Waals surface area contributed by atoms with E-state index in [4.69, 9.17) is 9.05 Å². The molecule has 0 saturated carbocycles. The fraction of sp³-hybridized carbons (Fsp3) is 0.500. The zero-order chi connectivity index (χ0) is 15.2. The minimum atomic E-state index is -3.76. The maximum atomic E-state index is 12.6. The van der Waals surface area contributed by atoms with E-state index in [2.05, 4.69) is 0 Å². The van der Waals surface area contributed by atoms with E-state index in [0.717, 1.165) is 0 Å². The Bertz CT molecular complexity index is 474. The summed E-state index contributed by atoms with van der Waals surface area (Å²) in [6.45, 7) is 4.88. The van der Waals surface area contributed by atoms with E-state index in [1.807, 2.05) is 0 Å². The molecule has 0 heterocycles. The number of rotatable bonds is 8. The second kappa shape index (κ2) is 7.14. The van der Waals surface area contributed by atoms with Crippen molar-refractivity contribution in [1.29, 1.82) is 0 Å². The van der Waals surface area contributed by atoms with E-state index < -0.39 is 12.9 Å². The Morgan fingerprint density at radius 1 is 1.20 bits per heavy atom. The molecule has 5 nitrogen and oxygen atoms in total. The first-order valence-electron chi connectivity index (χ1n) is 6.56. The number of benzene rings is 1. The first-order chi connectivity index (χ1) is 9.36. The van der Waals surface area contributed by atoms with Crippen LogP contribution in [0.1, 0.15) is 37.6 Å². The monoisotopic (exact) mass is 300 g/mol. The van der Waals surface area contributed by atoms with Crippen LogP contribution in [-0.2, 0) is 13.6 Å². The lowest BCUT2D eigenvalue weighted by Gasteiger charge is -2.30. The van der Waals surface area contributed by atoms with Gasteiger partial charge < -0.3 is 14.2 Å². The number of hydrogen-bond acceptors (Lipinski definition) is 5. The lowest BCUT2D eigenvalue weighted by Crippen LogP contribution is -2.30. The highest BCUT2D eigenvalue weighted by molar-refractivity contribution is 7.55. The van der Waals surface area contributed by atoms with Crippen LogP contribution in [0.25, 0.3) is 0 Å². The Hall–Kier alpha value is -1.00. The van der Waals surface area contributed by atoms with Crippen molar-refractivity contribution in [2.45, 2.75) is 32.5 Å². The van der Waals surface area contributed by atoms with Crippen molar-refractivity contribution >= 4 is 13.4 Å². The molecule has 0 aliphatic rings. The van der Waals surface area contributed by atoms with Gasteiger partial charge in [-0.2, -0.15) is 0 Å². The zero-order valence-corrected chi connectivity index (χ0v) is 12.9. The Balaban J connectivity index is 2.92. The molecule has 0 bridgehead atoms. The third-order valence-electron chi connectivity index (χ3n) is 2.78. The number of aliphatic hydroxyl groups is 1. The molecule has 112 valence electrons. The third-order valence-corrected chi connectivity index (χ3v) is 5.31. The zero-order valence-electron chi connectivity index (χ0n) is 12.0. The molecule has 1 atom stereocenters. The molecule has 0 radical (unpaired) electrons. The number of carbonyl (C=O) groups excluding carboxylic acids is 1. The number of hydrogen-bond donors (Lipinski definition) is 1. The van der Waals surface area contributed by atoms with Gasteiger partial charge in [0.15, 0.2) is 11.1 Å². The van der Waals surface area contributed by atoms with Crippen molar-refractivity contribution in [2.24, 2.45) is 0 Å². The topological polar surface area (TPSA) is 72.8 Å². The summed E-state index contributed by atoms with van der Waals surface area (Å²) in [5.74, 6) is -0.310. The highest BCUT2D eigenvalue weighted by atomic mass is 31.2. The lowest BCUT2D eigenvalue weighted by atomic mass is 10.1. The molecule has 0 aliphatic carbocycles. The Morgan fingerprint density at radius 3 is 2.15 bits per heavy atom. The van der Waals surface area contributed by atoms with E-state index in [1.165, 1.54) is 6.92 Å². The van der Waals surface area contributed by atoms with Gasteiger partial charge in [0.1, 0.15) is 0 Å². The molecule has 1 aromatic rings. The van der Waals surface area contributed by atoms with Gasteiger partial charge in [-0.3, -0.25) is 9.36 Å². The summed E-state index contributed by atoms with van der Waals surface area (Å²) in [6.07, 6.45) is -0.325. The van der Waals surface area contributed by atoms with Gasteiger partial charge in [-0.25, -0.2) is 0 Å². The van der Waals surface area contributed by atoms with Crippen LogP contribution in [0.15, 0.2) is 30.3 Å². The van der Waals surface area contributed by atoms with Gasteiger partial charge in [0.25, 0.3) is 0 Å². The van der Waals surface area contributed by atoms with Gasteiger partial charge in [-0.15, -0.1) is 0 Å². The predicted octanol–water partition coefficient (Wildman–Crippen LogP) is 3.23. The SMILES string of the molecule is CCOP(=O)(OCC)[C@@](C)(O)CC(=O)c1ccccc1. The van der Waals surface area contributed by atoms with Gasteiger partial charge >= 0.3 is 7.60 Å². The summed E-state index contributed by atoms with van der Waals surface area (Å²) >= 11 is 0. The molecule has 1 N–H and O–H groups in total. The normalized spacial score (nSPS) is 14.8. The van der Waals surface area contributed by atoms with E-state index in [9.17, 15) is 14.5 Å². The first-order valence-corrected chi connectivity index (χ1v) is 8.10. The molecule has 0 fully saturated rings. The maximum Gasteiger partial charge on any atom is 0.362 e. The van der Waals surface area contributed by atoms with E-state index >= 15 is 0 Å². The van der Waals surface area contributed by atoms with Gasteiger partial charge in [-0.1, -0.05) is 30.3 Å². The maximum absolute atomic E-state index is 12.6. The average Bonchev–Trinajstić information content (AvgIpc) is 2.39. The predicted molar refractivity (Wildman–Crippen MR) is 76.9 cm³/mol. The van der Waals surface area contributed by atoms with Crippen molar-refractivity contribution in [3.8, 4) is 0 Å². The highest BCUT2D eigenvalue weighted by Gasteiger charge is 2.47. The first kappa shape index (κ1) is 17.1. The largest absolute Gasteiger partial charge is 0.377 e. The van der Waals surface area contributed by atoms with Crippen LogP contribution >= 0.6 is 7.60 Å². The number of ketones is 1. The van der Waals surface area contributed by atoms with Gasteiger partial charge in [0, 0.05) is 5.56 Å². The van der Waals surface area contributed by atoms with Crippen LogP contribution < -0.4 is 0 Å². The third kappa shape index (κ3) is 4.00. The van der Waals surface area contributed by atoms with Crippen molar-refractivity contribution in [1.82, 2.24) is 0 Å². The molecule has 0 amide bonds. The van der Waals surface area contributed by atoms with E-state index in [1.54, 1.807) is 44.2 Å². The van der Waals surface area contributed by atoms with Crippen molar-refractivity contribution in [3.05, 3.63) is 35.9 Å². The lowest BCUT2D eigenvalue weighted by molar-refractivity contribution is 0.0627. The molecule has 1 aromatic carbocycles. The summed E-state index contributed by atoms with van der Waals surface area (Å²) in [5.41, 5.74) is 0.451. The minimum Gasteiger partial charge on any atom is -0.377 e. The molecule has 0 unspecified atom stereocenters. The highest BCUT2D eigenvalue weighted by Crippen LogP contribution is 2.60. The average molecular weight is 300 g/mol. The molecule has 0 spiro atoms. The smallest absolute Gasteiger partial charge is 0.362 e. The standard InChI is InChI=1S/C14H21O5P/c1-4-18-20(17,19-5-2)14(3,16)11-13(15)12-9-7-6-8-10-12/h6-10,16H,4-5,11H2,1-3H3/t14-/m1/s1. The quantitative estimate of drug-likeness (QED) is 0.589. The second-order valence-electron chi connectivity index (χ2n) is 4.52. The number of Topliss-reactive ketones (excluding diaryl/α,β-unsaturated/α-hetero) is 1. The molecule has 0 aliphatic heterocycles. The van der Waals surface area contributed by atoms with Gasteiger partial charge in [0.2, 0.25) is 0 Å². The summed E-state index contributed by atoms with van der Waals surface area (Å²) in [6, 6.07) is 8.54. The summed E-state index contributed by atoms with van der Waals surface area (Å²) < 4.78 is 22.8. The summed E-state index contributed by atoms with van der Waals surface area (Å²) in [5, 5.41) is 8.54. The molecular formula is C14H21O5P. The van der Waals surface area contributed by atoms with Crippen LogP contribution in [-0.4, -0.2) is 29.4 Å². The summed E-state index contributed by atoms with van der Waals surface area (Å²) in [4.78, 5) is 12.1. The summed E-state index contributed by atoms with van der Waals surface area (Å²) in [7, 11) is -3.76. The number of carbonyl (C=O) groups is 1. The Morgan fingerprint density at radius 2 is 1.70 bits per heavy atom. The fourth-order valence-electron chi connectivity index (χ4n) is 1.78. The minimum absolute atomic E-state index is 0.132. The van der Waals surface area contributed by atoms with Crippen LogP contribution in [0.3, 0.4) is 0 Å². The molecule has 0 aromatic heterocycles. The molecule has 0 saturated heterocycles. The fourth-order valence-corrected chi connectivity index (χ4v) is 3.43. The van der Waals surface area contributed by atoms with Crippen LogP contribution in [0.4, 0.5) is 0 Å². The molecular weight excluding hydrogens is 279 g/mol. The van der Waals surface area contributed by atoms with Crippen molar-refractivity contribution in [2.75, 3.05) is 13.2 Å². The van der Waals surface area contributed by atoms with Crippen molar-refractivity contribution in [3.63, 3.8) is 0 Å². The Kier molecular flexibility index (Phi) is 6.08. The van der Waals surface area contributed by atoms with Crippen LogP contribution in [0.5, 0.6) is 0 Å². The Labute approximate surface area is 119 Å². The van der Waals surface area contributed by atoms with Crippen molar-refractivity contribution < 1.29 is 23.5 Å². The van der Waals surface area contributed by atoms with E-state index in [-0.39, 0.29) is 25.4 Å². The molecule has 20 heavy (non-hydrogen) atoms. The van der Waals surface area contributed by atoms with Gasteiger partial charge in [-0.05, 0) is 20.8 Å². The van der Waals surface area contributed by atoms with Gasteiger partial charge in [0.05, 0.1) is 19.6 Å². The second-order valence-corrected chi connectivity index (χ2v) is 6.99. The van der Waals surface area contributed by atoms with Crippen LogP contribution in [0.2, 0.25) is 0 Å². The van der Waals surface area contributed by atoms with Crippen LogP contribution in [0, 0.1) is 0 Å². The molecule has 6 heteroatoms. The molecule has 1 rings (SSSR count). The van der Waals surface area contributed by atoms with E-state index in [0.29, 0.717) is 5.56 Å².